The van der Waals surface area contributed by atoms with Gasteiger partial charge >= 0.3 is 0 Å². The second kappa shape index (κ2) is 4.96. The molecule has 0 unspecified atom stereocenters. The van der Waals surface area contributed by atoms with Gasteiger partial charge in [0.25, 0.3) is 0 Å². The van der Waals surface area contributed by atoms with Crippen LogP contribution >= 0.6 is 0 Å². The lowest BCUT2D eigenvalue weighted by Crippen LogP contribution is -2.09. The minimum absolute atomic E-state index is 0.129. The van der Waals surface area contributed by atoms with E-state index in [-0.39, 0.29) is 12.2 Å². The van der Waals surface area contributed by atoms with E-state index >= 15 is 0 Å². The number of hydrogen-bond donors (Lipinski definition) is 1. The van der Waals surface area contributed by atoms with Crippen molar-refractivity contribution in [2.75, 3.05) is 0 Å². The van der Waals surface area contributed by atoms with Crippen molar-refractivity contribution >= 4 is 0 Å². The summed E-state index contributed by atoms with van der Waals surface area (Å²) < 4.78 is 5.44. The zero-order chi connectivity index (χ0) is 10.6. The van der Waals surface area contributed by atoms with Gasteiger partial charge in [-0.15, -0.1) is 0 Å². The molecule has 1 aromatic heterocycles. The Morgan fingerprint density at radius 3 is 2.64 bits per heavy atom. The van der Waals surface area contributed by atoms with E-state index in [2.05, 4.69) is 4.98 Å². The van der Waals surface area contributed by atoms with E-state index in [1.54, 1.807) is 6.92 Å². The molecule has 1 rings (SSSR count). The van der Waals surface area contributed by atoms with Crippen LogP contribution in [0.3, 0.4) is 0 Å². The molecular weight excluding hydrogens is 178 g/mol. The number of aliphatic hydroxyl groups is 1. The van der Waals surface area contributed by atoms with Crippen LogP contribution in [0.5, 0.6) is 5.88 Å². The molecule has 0 aromatic carbocycles. The maximum absolute atomic E-state index is 9.20. The fraction of sp³-hybridized carbons (Fsp3) is 0.545. The van der Waals surface area contributed by atoms with Crippen molar-refractivity contribution in [3.63, 3.8) is 0 Å². The zero-order valence-electron chi connectivity index (χ0n) is 8.90. The lowest BCUT2D eigenvalue weighted by molar-refractivity contribution is 0.193. The van der Waals surface area contributed by atoms with Crippen LogP contribution in [0, 0.1) is 0 Å². The Morgan fingerprint density at radius 2 is 2.07 bits per heavy atom. The normalized spacial score (nSPS) is 12.9. The zero-order valence-corrected chi connectivity index (χ0v) is 8.90. The van der Waals surface area contributed by atoms with Gasteiger partial charge in [-0.25, -0.2) is 4.98 Å². The second-order valence-electron chi connectivity index (χ2n) is 3.69. The molecule has 78 valence electrons. The molecule has 0 fully saturated rings. The van der Waals surface area contributed by atoms with Crippen LogP contribution in [0.1, 0.15) is 26.5 Å². The first-order chi connectivity index (χ1) is 6.58. The summed E-state index contributed by atoms with van der Waals surface area (Å²) in [4.78, 5) is 4.27. The smallest absolute Gasteiger partial charge is 0.213 e. The largest absolute Gasteiger partial charge is 0.475 e. The summed E-state index contributed by atoms with van der Waals surface area (Å²) in [6, 6.07) is 5.61. The number of ether oxygens (including phenoxy) is 1. The summed E-state index contributed by atoms with van der Waals surface area (Å²) in [5.41, 5.74) is 0.859. The van der Waals surface area contributed by atoms with Gasteiger partial charge in [0.1, 0.15) is 0 Å². The SMILES string of the molecule is CC(C)Oc1cccc(C[C@@H](C)O)n1. The summed E-state index contributed by atoms with van der Waals surface area (Å²) in [5.74, 6) is 0.623. The van der Waals surface area contributed by atoms with Crippen LogP contribution in [0.15, 0.2) is 18.2 Å². The molecule has 1 heterocycles. The summed E-state index contributed by atoms with van der Waals surface area (Å²) in [6.07, 6.45) is 0.330. The molecule has 0 aliphatic rings. The molecule has 0 bridgehead atoms. The number of rotatable bonds is 4. The Labute approximate surface area is 84.7 Å². The third-order valence-corrected chi connectivity index (χ3v) is 1.64. The Morgan fingerprint density at radius 1 is 1.36 bits per heavy atom. The predicted octanol–water partition coefficient (Wildman–Crippen LogP) is 1.79. The summed E-state index contributed by atoms with van der Waals surface area (Å²) >= 11 is 0. The molecule has 1 N–H and O–H groups in total. The number of nitrogens with zero attached hydrogens (tertiary/aromatic N) is 1. The van der Waals surface area contributed by atoms with E-state index in [0.29, 0.717) is 12.3 Å². The van der Waals surface area contributed by atoms with Gasteiger partial charge in [-0.2, -0.15) is 0 Å². The first kappa shape index (κ1) is 11.0. The van der Waals surface area contributed by atoms with Gasteiger partial charge in [0.15, 0.2) is 0 Å². The van der Waals surface area contributed by atoms with Crippen molar-refractivity contribution < 1.29 is 9.84 Å². The highest BCUT2D eigenvalue weighted by Gasteiger charge is 2.03. The summed E-state index contributed by atoms with van der Waals surface area (Å²) in [5, 5.41) is 9.20. The molecule has 3 heteroatoms. The van der Waals surface area contributed by atoms with E-state index in [4.69, 9.17) is 4.74 Å². The molecule has 0 radical (unpaired) electrons. The molecular formula is C11H17NO2. The highest BCUT2D eigenvalue weighted by Crippen LogP contribution is 2.10. The standard InChI is InChI=1S/C11H17NO2/c1-8(2)14-11-6-4-5-10(12-11)7-9(3)13/h4-6,8-9,13H,7H2,1-3H3/t9-/m1/s1. The average molecular weight is 195 g/mol. The van der Waals surface area contributed by atoms with Crippen LogP contribution in [-0.4, -0.2) is 22.3 Å². The maximum atomic E-state index is 9.20. The quantitative estimate of drug-likeness (QED) is 0.796. The number of pyridine rings is 1. The molecule has 0 aliphatic heterocycles. The van der Waals surface area contributed by atoms with Crippen LogP contribution in [0.4, 0.5) is 0 Å². The summed E-state index contributed by atoms with van der Waals surface area (Å²) in [7, 11) is 0. The van der Waals surface area contributed by atoms with Gasteiger partial charge in [0.05, 0.1) is 12.2 Å². The fourth-order valence-corrected chi connectivity index (χ4v) is 1.18. The average Bonchev–Trinajstić information content (AvgIpc) is 2.01. The van der Waals surface area contributed by atoms with Gasteiger partial charge in [-0.05, 0) is 26.8 Å². The minimum Gasteiger partial charge on any atom is -0.475 e. The van der Waals surface area contributed by atoms with Crippen LogP contribution in [0.25, 0.3) is 0 Å². The lowest BCUT2D eigenvalue weighted by Gasteiger charge is -2.10. The molecule has 1 atom stereocenters. The minimum atomic E-state index is -0.364. The Kier molecular flexibility index (Phi) is 3.89. The number of aromatic nitrogens is 1. The molecule has 0 amide bonds. The predicted molar refractivity (Wildman–Crippen MR) is 55.4 cm³/mol. The van der Waals surface area contributed by atoms with Gasteiger partial charge in [0, 0.05) is 18.2 Å². The van der Waals surface area contributed by atoms with E-state index in [1.165, 1.54) is 0 Å². The van der Waals surface area contributed by atoms with Gasteiger partial charge in [-0.1, -0.05) is 6.07 Å². The van der Waals surface area contributed by atoms with Crippen molar-refractivity contribution in [3.05, 3.63) is 23.9 Å². The van der Waals surface area contributed by atoms with Crippen LogP contribution in [0.2, 0.25) is 0 Å². The second-order valence-corrected chi connectivity index (χ2v) is 3.69. The fourth-order valence-electron chi connectivity index (χ4n) is 1.18. The Hall–Kier alpha value is -1.09. The van der Waals surface area contributed by atoms with Crippen molar-refractivity contribution in [3.8, 4) is 5.88 Å². The van der Waals surface area contributed by atoms with Gasteiger partial charge in [-0.3, -0.25) is 0 Å². The number of aliphatic hydroxyl groups excluding tert-OH is 1. The molecule has 0 saturated heterocycles. The molecule has 0 saturated carbocycles. The highest BCUT2D eigenvalue weighted by atomic mass is 16.5. The van der Waals surface area contributed by atoms with Crippen LogP contribution in [-0.2, 0) is 6.42 Å². The highest BCUT2D eigenvalue weighted by molar-refractivity contribution is 5.16. The van der Waals surface area contributed by atoms with E-state index < -0.39 is 0 Å². The Bertz CT molecular complexity index is 259. The first-order valence-corrected chi connectivity index (χ1v) is 4.88. The molecule has 0 aliphatic carbocycles. The topological polar surface area (TPSA) is 42.4 Å². The van der Waals surface area contributed by atoms with E-state index in [0.717, 1.165) is 5.69 Å². The van der Waals surface area contributed by atoms with Gasteiger partial charge in [0.2, 0.25) is 5.88 Å². The monoisotopic (exact) mass is 195 g/mol. The van der Waals surface area contributed by atoms with Crippen molar-refractivity contribution in [1.29, 1.82) is 0 Å². The molecule has 1 aromatic rings. The van der Waals surface area contributed by atoms with E-state index in [1.807, 2.05) is 32.0 Å². The molecule has 14 heavy (non-hydrogen) atoms. The van der Waals surface area contributed by atoms with Gasteiger partial charge < -0.3 is 9.84 Å². The first-order valence-electron chi connectivity index (χ1n) is 4.88. The summed E-state index contributed by atoms with van der Waals surface area (Å²) in [6.45, 7) is 5.67. The van der Waals surface area contributed by atoms with Crippen LogP contribution < -0.4 is 4.74 Å². The van der Waals surface area contributed by atoms with Crippen molar-refractivity contribution in [1.82, 2.24) is 4.98 Å². The third kappa shape index (κ3) is 3.75. The number of hydrogen-bond acceptors (Lipinski definition) is 3. The Balaban J connectivity index is 2.68. The third-order valence-electron chi connectivity index (χ3n) is 1.64. The lowest BCUT2D eigenvalue weighted by atomic mass is 10.2. The van der Waals surface area contributed by atoms with Crippen molar-refractivity contribution in [2.45, 2.75) is 39.4 Å². The molecule has 0 spiro atoms. The maximum Gasteiger partial charge on any atom is 0.213 e. The molecule has 3 nitrogen and oxygen atoms in total. The van der Waals surface area contributed by atoms with Crippen molar-refractivity contribution in [2.24, 2.45) is 0 Å². The van der Waals surface area contributed by atoms with E-state index in [9.17, 15) is 5.11 Å².